The number of hydrogen-bond donors (Lipinski definition) is 0. The minimum atomic E-state index is -0.222. The maximum absolute atomic E-state index is 12.6. The molecule has 0 aromatic carbocycles. The number of piperidine rings is 1. The minimum Gasteiger partial charge on any atom is -0.466 e. The van der Waals surface area contributed by atoms with Crippen molar-refractivity contribution in [3.63, 3.8) is 0 Å². The molecule has 1 aliphatic heterocycles. The summed E-state index contributed by atoms with van der Waals surface area (Å²) in [5.74, 6) is 0.562. The van der Waals surface area contributed by atoms with E-state index in [1.165, 1.54) is 11.8 Å². The number of carbonyl (C=O) groups excluding carboxylic acids is 2. The Hall–Kier alpha value is -2.42. The van der Waals surface area contributed by atoms with Crippen molar-refractivity contribution < 1.29 is 14.3 Å². The molecule has 0 bridgehead atoms. The normalized spacial score (nSPS) is 17.0. The number of nitrogens with zero attached hydrogens (tertiary/aromatic N) is 5. The van der Waals surface area contributed by atoms with Crippen LogP contribution in [0.3, 0.4) is 0 Å². The molecule has 144 valence electrons. The number of ether oxygens (including phenoxy) is 1. The van der Waals surface area contributed by atoms with Gasteiger partial charge in [0.05, 0.1) is 18.3 Å². The Bertz CT molecular complexity index is 796. The van der Waals surface area contributed by atoms with Crippen molar-refractivity contribution in [3.05, 3.63) is 24.5 Å². The van der Waals surface area contributed by atoms with E-state index >= 15 is 0 Å². The molecule has 0 spiro atoms. The Balaban J connectivity index is 1.58. The van der Waals surface area contributed by atoms with Gasteiger partial charge in [-0.15, -0.1) is 10.2 Å². The summed E-state index contributed by atoms with van der Waals surface area (Å²) >= 11 is 1.35. The Labute approximate surface area is 162 Å². The van der Waals surface area contributed by atoms with Gasteiger partial charge in [-0.3, -0.25) is 14.6 Å². The zero-order chi connectivity index (χ0) is 19.2. The smallest absolute Gasteiger partial charge is 0.310 e. The van der Waals surface area contributed by atoms with Gasteiger partial charge in [-0.25, -0.2) is 0 Å². The molecule has 27 heavy (non-hydrogen) atoms. The largest absolute Gasteiger partial charge is 0.466 e. The Morgan fingerprint density at radius 2 is 2.07 bits per heavy atom. The van der Waals surface area contributed by atoms with E-state index in [0.29, 0.717) is 24.9 Å². The molecular weight excluding hydrogens is 366 g/mol. The second kappa shape index (κ2) is 8.98. The molecule has 1 saturated heterocycles. The number of esters is 1. The van der Waals surface area contributed by atoms with Gasteiger partial charge in [-0.1, -0.05) is 11.8 Å². The molecule has 1 amide bonds. The molecule has 1 fully saturated rings. The Kier molecular flexibility index (Phi) is 6.44. The zero-order valence-corrected chi connectivity index (χ0v) is 16.3. The number of likely N-dealkylation sites (tertiary alicyclic amines) is 1. The number of amides is 1. The highest BCUT2D eigenvalue weighted by Crippen LogP contribution is 2.24. The predicted octanol–water partition coefficient (Wildman–Crippen LogP) is 1.77. The third-order valence-corrected chi connectivity index (χ3v) is 5.50. The van der Waals surface area contributed by atoms with E-state index in [1.807, 2.05) is 23.7 Å². The molecule has 9 heteroatoms. The monoisotopic (exact) mass is 389 g/mol. The highest BCUT2D eigenvalue weighted by Gasteiger charge is 2.29. The van der Waals surface area contributed by atoms with E-state index in [2.05, 4.69) is 15.2 Å². The van der Waals surface area contributed by atoms with E-state index in [-0.39, 0.29) is 23.5 Å². The molecule has 1 aliphatic rings. The van der Waals surface area contributed by atoms with Crippen LogP contribution < -0.4 is 0 Å². The highest BCUT2D eigenvalue weighted by molar-refractivity contribution is 7.99. The Morgan fingerprint density at radius 3 is 2.81 bits per heavy atom. The summed E-state index contributed by atoms with van der Waals surface area (Å²) in [7, 11) is 1.88. The van der Waals surface area contributed by atoms with Crippen LogP contribution in [0, 0.1) is 5.92 Å². The van der Waals surface area contributed by atoms with E-state index in [9.17, 15) is 9.59 Å². The summed E-state index contributed by atoms with van der Waals surface area (Å²) in [6.07, 6.45) is 5.00. The van der Waals surface area contributed by atoms with Crippen molar-refractivity contribution in [2.24, 2.45) is 13.0 Å². The lowest BCUT2D eigenvalue weighted by Gasteiger charge is -2.31. The molecule has 0 unspecified atom stereocenters. The van der Waals surface area contributed by atoms with Crippen molar-refractivity contribution in [3.8, 4) is 11.4 Å². The lowest BCUT2D eigenvalue weighted by molar-refractivity contribution is -0.151. The Morgan fingerprint density at radius 1 is 1.30 bits per heavy atom. The summed E-state index contributed by atoms with van der Waals surface area (Å²) in [5.41, 5.74) is 0.923. The van der Waals surface area contributed by atoms with Gasteiger partial charge in [0.25, 0.3) is 0 Å². The van der Waals surface area contributed by atoms with Crippen LogP contribution in [0.1, 0.15) is 19.8 Å². The fourth-order valence-corrected chi connectivity index (χ4v) is 3.88. The summed E-state index contributed by atoms with van der Waals surface area (Å²) in [5, 5.41) is 9.07. The van der Waals surface area contributed by atoms with Gasteiger partial charge in [0.1, 0.15) is 0 Å². The SMILES string of the molecule is CCOC(=O)[C@H]1CCCN(C(=O)CSc2nnc(-c3ccncc3)n2C)C1. The van der Waals surface area contributed by atoms with Crippen molar-refractivity contribution >= 4 is 23.6 Å². The van der Waals surface area contributed by atoms with Crippen molar-refractivity contribution in [1.29, 1.82) is 0 Å². The molecule has 0 N–H and O–H groups in total. The van der Waals surface area contributed by atoms with E-state index in [0.717, 1.165) is 24.2 Å². The van der Waals surface area contributed by atoms with Crippen LogP contribution in [0.15, 0.2) is 29.7 Å². The number of hydrogen-bond acceptors (Lipinski definition) is 7. The van der Waals surface area contributed by atoms with Crippen LogP contribution in [0.25, 0.3) is 11.4 Å². The summed E-state index contributed by atoms with van der Waals surface area (Å²) in [4.78, 5) is 30.3. The summed E-state index contributed by atoms with van der Waals surface area (Å²) in [6, 6.07) is 3.74. The van der Waals surface area contributed by atoms with Gasteiger partial charge in [-0.2, -0.15) is 0 Å². The molecule has 0 saturated carbocycles. The number of pyridine rings is 1. The van der Waals surface area contributed by atoms with Gasteiger partial charge < -0.3 is 14.2 Å². The lowest BCUT2D eigenvalue weighted by atomic mass is 9.98. The fourth-order valence-electron chi connectivity index (χ4n) is 3.07. The average Bonchev–Trinajstić information content (AvgIpc) is 3.07. The molecule has 3 rings (SSSR count). The van der Waals surface area contributed by atoms with Crippen LogP contribution in [0.5, 0.6) is 0 Å². The molecule has 1 atom stereocenters. The zero-order valence-electron chi connectivity index (χ0n) is 15.5. The molecule has 0 radical (unpaired) electrons. The van der Waals surface area contributed by atoms with Gasteiger partial charge in [0.2, 0.25) is 5.91 Å². The first-order chi connectivity index (χ1) is 13.1. The number of rotatable bonds is 6. The van der Waals surface area contributed by atoms with Crippen LogP contribution >= 0.6 is 11.8 Å². The maximum atomic E-state index is 12.6. The standard InChI is InChI=1S/C18H23N5O3S/c1-3-26-17(25)14-5-4-10-23(11-14)15(24)12-27-18-21-20-16(22(18)2)13-6-8-19-9-7-13/h6-9,14H,3-5,10-12H2,1-2H3/t14-/m0/s1. The average molecular weight is 389 g/mol. The third kappa shape index (κ3) is 4.65. The molecule has 2 aromatic rings. The van der Waals surface area contributed by atoms with Crippen molar-refractivity contribution in [1.82, 2.24) is 24.6 Å². The minimum absolute atomic E-state index is 0.00228. The van der Waals surface area contributed by atoms with E-state index in [1.54, 1.807) is 24.2 Å². The summed E-state index contributed by atoms with van der Waals surface area (Å²) < 4.78 is 6.96. The van der Waals surface area contributed by atoms with Gasteiger partial charge in [0, 0.05) is 38.1 Å². The van der Waals surface area contributed by atoms with Gasteiger partial charge in [0.15, 0.2) is 11.0 Å². The number of aromatic nitrogens is 4. The topological polar surface area (TPSA) is 90.2 Å². The maximum Gasteiger partial charge on any atom is 0.310 e. The van der Waals surface area contributed by atoms with Gasteiger partial charge >= 0.3 is 5.97 Å². The predicted molar refractivity (Wildman–Crippen MR) is 101 cm³/mol. The number of carbonyl (C=O) groups is 2. The first kappa shape index (κ1) is 19.3. The highest BCUT2D eigenvalue weighted by atomic mass is 32.2. The molecule has 8 nitrogen and oxygen atoms in total. The number of thioether (sulfide) groups is 1. The fraction of sp³-hybridized carbons (Fsp3) is 0.500. The molecule has 2 aromatic heterocycles. The molecular formula is C18H23N5O3S. The van der Waals surface area contributed by atoms with Crippen LogP contribution in [-0.2, 0) is 21.4 Å². The summed E-state index contributed by atoms with van der Waals surface area (Å²) in [6.45, 7) is 3.27. The molecule has 0 aliphatic carbocycles. The van der Waals surface area contributed by atoms with Crippen molar-refractivity contribution in [2.75, 3.05) is 25.4 Å². The van der Waals surface area contributed by atoms with Gasteiger partial charge in [-0.05, 0) is 31.9 Å². The quantitative estimate of drug-likeness (QED) is 0.549. The van der Waals surface area contributed by atoms with Crippen LogP contribution in [0.2, 0.25) is 0 Å². The first-order valence-electron chi connectivity index (χ1n) is 8.97. The lowest BCUT2D eigenvalue weighted by Crippen LogP contribution is -2.43. The second-order valence-electron chi connectivity index (χ2n) is 6.32. The van der Waals surface area contributed by atoms with E-state index < -0.39 is 0 Å². The van der Waals surface area contributed by atoms with Crippen LogP contribution in [-0.4, -0.2) is 62.0 Å². The van der Waals surface area contributed by atoms with Crippen LogP contribution in [0.4, 0.5) is 0 Å². The molecule has 3 heterocycles. The second-order valence-corrected chi connectivity index (χ2v) is 7.26. The van der Waals surface area contributed by atoms with Crippen molar-refractivity contribution in [2.45, 2.75) is 24.9 Å². The van der Waals surface area contributed by atoms with E-state index in [4.69, 9.17) is 4.74 Å². The first-order valence-corrected chi connectivity index (χ1v) is 9.95. The third-order valence-electron chi connectivity index (χ3n) is 4.49.